The molecule has 3 rings (SSSR count). The molecule has 1 aromatic heterocycles. The van der Waals surface area contributed by atoms with Gasteiger partial charge in [0.2, 0.25) is 0 Å². The number of hydrogen-bond donors (Lipinski definition) is 2. The van der Waals surface area contributed by atoms with Crippen LogP contribution in [0.5, 0.6) is 0 Å². The van der Waals surface area contributed by atoms with Gasteiger partial charge < -0.3 is 10.6 Å². The lowest BCUT2D eigenvalue weighted by Gasteiger charge is -2.24. The number of benzene rings is 1. The molecule has 2 N–H and O–H groups in total. The second-order valence-corrected chi connectivity index (χ2v) is 7.98. The number of nitrogens with one attached hydrogen (secondary N) is 2. The highest BCUT2D eigenvalue weighted by atomic mass is 32.2. The Hall–Kier alpha value is -1.95. The van der Waals surface area contributed by atoms with Crippen molar-refractivity contribution in [1.82, 2.24) is 20.4 Å². The summed E-state index contributed by atoms with van der Waals surface area (Å²) in [7, 11) is 1.82. The summed E-state index contributed by atoms with van der Waals surface area (Å²) in [4.78, 5) is 4.34. The normalized spacial score (nSPS) is 21.0. The fourth-order valence-corrected chi connectivity index (χ4v) is 4.13. The molecule has 0 amide bonds. The van der Waals surface area contributed by atoms with Gasteiger partial charge in [-0.15, -0.1) is 0 Å². The molecule has 5 nitrogen and oxygen atoms in total. The summed E-state index contributed by atoms with van der Waals surface area (Å²) in [5.41, 5.74) is 2.27. The Balaban J connectivity index is 1.55. The number of aliphatic imine (C=N–C) groups is 1. The molecule has 24 heavy (non-hydrogen) atoms. The first-order valence-corrected chi connectivity index (χ1v) is 9.35. The second kappa shape index (κ2) is 7.75. The summed E-state index contributed by atoms with van der Waals surface area (Å²) in [6.07, 6.45) is 6.33. The van der Waals surface area contributed by atoms with Gasteiger partial charge in [0.15, 0.2) is 5.96 Å². The number of thioether (sulfide) groups is 1. The van der Waals surface area contributed by atoms with Crippen LogP contribution in [0.25, 0.3) is 5.69 Å². The van der Waals surface area contributed by atoms with Gasteiger partial charge in [-0.05, 0) is 49.3 Å². The first-order valence-electron chi connectivity index (χ1n) is 8.36. The number of hydrogen-bond acceptors (Lipinski definition) is 3. The van der Waals surface area contributed by atoms with E-state index in [-0.39, 0.29) is 0 Å². The molecule has 1 fully saturated rings. The highest BCUT2D eigenvalue weighted by Crippen LogP contribution is 2.36. The van der Waals surface area contributed by atoms with Crippen molar-refractivity contribution < 1.29 is 0 Å². The Morgan fingerprint density at radius 2 is 2.29 bits per heavy atom. The molecule has 0 radical (unpaired) electrons. The van der Waals surface area contributed by atoms with E-state index in [0.29, 0.717) is 4.75 Å². The Morgan fingerprint density at radius 1 is 1.38 bits per heavy atom. The predicted molar refractivity (Wildman–Crippen MR) is 102 cm³/mol. The molecule has 1 aromatic carbocycles. The molecule has 1 aliphatic rings. The summed E-state index contributed by atoms with van der Waals surface area (Å²) < 4.78 is 2.20. The molecule has 1 atom stereocenters. The van der Waals surface area contributed by atoms with Gasteiger partial charge in [0.25, 0.3) is 0 Å². The van der Waals surface area contributed by atoms with Crippen LogP contribution in [0.4, 0.5) is 0 Å². The molecule has 0 saturated carbocycles. The summed E-state index contributed by atoms with van der Waals surface area (Å²) >= 11 is 2.06. The molecule has 2 heterocycles. The van der Waals surface area contributed by atoms with Crippen LogP contribution in [-0.2, 0) is 6.54 Å². The van der Waals surface area contributed by atoms with Gasteiger partial charge in [-0.3, -0.25) is 4.99 Å². The highest BCUT2D eigenvalue weighted by Gasteiger charge is 2.29. The summed E-state index contributed by atoms with van der Waals surface area (Å²) in [5.74, 6) is 2.12. The zero-order chi connectivity index (χ0) is 16.8. The van der Waals surface area contributed by atoms with Gasteiger partial charge in [0, 0.05) is 37.3 Å². The van der Waals surface area contributed by atoms with E-state index in [1.807, 2.05) is 24.0 Å². The SMILES string of the molecule is CN=C(NCc1cccc(-n2cccn2)c1)NCC1(C)CCCS1. The van der Waals surface area contributed by atoms with Crippen molar-refractivity contribution in [2.24, 2.45) is 4.99 Å². The largest absolute Gasteiger partial charge is 0.355 e. The molecule has 6 heteroatoms. The maximum Gasteiger partial charge on any atom is 0.191 e. The Kier molecular flexibility index (Phi) is 5.45. The molecular formula is C18H25N5S. The average Bonchev–Trinajstić information content (AvgIpc) is 3.27. The van der Waals surface area contributed by atoms with Gasteiger partial charge in [0.05, 0.1) is 5.69 Å². The summed E-state index contributed by atoms with van der Waals surface area (Å²) in [5, 5.41) is 11.1. The van der Waals surface area contributed by atoms with Crippen molar-refractivity contribution in [1.29, 1.82) is 0 Å². The van der Waals surface area contributed by atoms with E-state index >= 15 is 0 Å². The van der Waals surface area contributed by atoms with Crippen molar-refractivity contribution in [3.8, 4) is 5.69 Å². The number of aromatic nitrogens is 2. The van der Waals surface area contributed by atoms with Gasteiger partial charge in [0.1, 0.15) is 0 Å². The lowest BCUT2D eigenvalue weighted by Crippen LogP contribution is -2.43. The molecule has 0 spiro atoms. The van der Waals surface area contributed by atoms with Crippen molar-refractivity contribution in [2.75, 3.05) is 19.3 Å². The van der Waals surface area contributed by atoms with Crippen LogP contribution in [-0.4, -0.2) is 39.8 Å². The number of rotatable bonds is 5. The molecule has 1 saturated heterocycles. The van der Waals surface area contributed by atoms with Gasteiger partial charge >= 0.3 is 0 Å². The summed E-state index contributed by atoms with van der Waals surface area (Å²) in [6, 6.07) is 10.3. The van der Waals surface area contributed by atoms with E-state index in [1.165, 1.54) is 24.2 Å². The fraction of sp³-hybridized carbons (Fsp3) is 0.444. The minimum atomic E-state index is 0.331. The molecule has 1 unspecified atom stereocenters. The number of guanidine groups is 1. The lowest BCUT2D eigenvalue weighted by atomic mass is 10.1. The first kappa shape index (κ1) is 16.9. The van der Waals surface area contributed by atoms with Gasteiger partial charge in [-0.2, -0.15) is 16.9 Å². The summed E-state index contributed by atoms with van der Waals surface area (Å²) in [6.45, 7) is 4.02. The maximum atomic E-state index is 4.34. The topological polar surface area (TPSA) is 54.2 Å². The smallest absolute Gasteiger partial charge is 0.191 e. The van der Waals surface area contributed by atoms with Gasteiger partial charge in [-0.1, -0.05) is 12.1 Å². The molecule has 0 bridgehead atoms. The van der Waals surface area contributed by atoms with Crippen LogP contribution in [0.3, 0.4) is 0 Å². The lowest BCUT2D eigenvalue weighted by molar-refractivity contribution is 0.584. The molecule has 2 aromatic rings. The van der Waals surface area contributed by atoms with Crippen LogP contribution < -0.4 is 10.6 Å². The Labute approximate surface area is 147 Å². The van der Waals surface area contributed by atoms with E-state index in [9.17, 15) is 0 Å². The van der Waals surface area contributed by atoms with E-state index in [1.54, 1.807) is 6.20 Å². The maximum absolute atomic E-state index is 4.34. The Morgan fingerprint density at radius 3 is 3.00 bits per heavy atom. The van der Waals surface area contributed by atoms with Crippen LogP contribution in [0.2, 0.25) is 0 Å². The third-order valence-corrected chi connectivity index (χ3v) is 5.83. The van der Waals surface area contributed by atoms with Crippen molar-refractivity contribution >= 4 is 17.7 Å². The van der Waals surface area contributed by atoms with E-state index in [0.717, 1.165) is 24.7 Å². The molecular weight excluding hydrogens is 318 g/mol. The van der Waals surface area contributed by atoms with Crippen LogP contribution >= 0.6 is 11.8 Å². The minimum absolute atomic E-state index is 0.331. The van der Waals surface area contributed by atoms with Crippen LogP contribution in [0, 0.1) is 0 Å². The van der Waals surface area contributed by atoms with Crippen LogP contribution in [0.1, 0.15) is 25.3 Å². The number of nitrogens with zero attached hydrogens (tertiary/aromatic N) is 3. The van der Waals surface area contributed by atoms with Crippen molar-refractivity contribution in [3.63, 3.8) is 0 Å². The average molecular weight is 344 g/mol. The quantitative estimate of drug-likeness (QED) is 0.647. The highest BCUT2D eigenvalue weighted by molar-refractivity contribution is 8.00. The van der Waals surface area contributed by atoms with Crippen LogP contribution in [0.15, 0.2) is 47.7 Å². The fourth-order valence-electron chi connectivity index (χ4n) is 2.88. The van der Waals surface area contributed by atoms with Gasteiger partial charge in [-0.25, -0.2) is 4.68 Å². The minimum Gasteiger partial charge on any atom is -0.355 e. The molecule has 128 valence electrons. The predicted octanol–water partition coefficient (Wildman–Crippen LogP) is 2.82. The Bertz CT molecular complexity index is 674. The molecule has 0 aliphatic carbocycles. The third-order valence-electron chi connectivity index (χ3n) is 4.29. The standard InChI is InChI=1S/C18H25N5S/c1-18(8-4-11-24-18)14-21-17(19-2)20-13-15-6-3-7-16(12-15)23-10-5-9-22-23/h3,5-7,9-10,12H,4,8,11,13-14H2,1-2H3,(H2,19,20,21). The monoisotopic (exact) mass is 343 g/mol. The second-order valence-electron chi connectivity index (χ2n) is 6.30. The van der Waals surface area contributed by atoms with Crippen molar-refractivity contribution in [3.05, 3.63) is 48.3 Å². The van der Waals surface area contributed by atoms with E-state index in [4.69, 9.17) is 0 Å². The van der Waals surface area contributed by atoms with E-state index < -0.39 is 0 Å². The zero-order valence-electron chi connectivity index (χ0n) is 14.3. The molecule has 1 aliphatic heterocycles. The first-order chi connectivity index (χ1) is 11.7. The van der Waals surface area contributed by atoms with Crippen molar-refractivity contribution in [2.45, 2.75) is 31.1 Å². The zero-order valence-corrected chi connectivity index (χ0v) is 15.1. The van der Waals surface area contributed by atoms with E-state index in [2.05, 4.69) is 63.7 Å². The third kappa shape index (κ3) is 4.32.